The molecule has 1 aliphatic rings. The molecule has 0 radical (unpaired) electrons. The van der Waals surface area contributed by atoms with E-state index in [4.69, 9.17) is 0 Å². The predicted molar refractivity (Wildman–Crippen MR) is 77.3 cm³/mol. The highest BCUT2D eigenvalue weighted by Crippen LogP contribution is 2.12. The summed E-state index contributed by atoms with van der Waals surface area (Å²) in [7, 11) is 3.43. The van der Waals surface area contributed by atoms with E-state index in [1.165, 1.54) is 0 Å². The lowest BCUT2D eigenvalue weighted by Crippen LogP contribution is -2.44. The van der Waals surface area contributed by atoms with Gasteiger partial charge in [0.05, 0.1) is 0 Å². The fraction of sp³-hybridized carbons (Fsp3) is 0.467. The number of nitrogens with zero attached hydrogens (tertiary/aromatic N) is 1. The van der Waals surface area contributed by atoms with E-state index in [2.05, 4.69) is 10.6 Å². The van der Waals surface area contributed by atoms with Gasteiger partial charge in [0.1, 0.15) is 0 Å². The molecule has 5 heteroatoms. The summed E-state index contributed by atoms with van der Waals surface area (Å²) in [4.78, 5) is 25.2. The van der Waals surface area contributed by atoms with Crippen molar-refractivity contribution < 1.29 is 9.59 Å². The summed E-state index contributed by atoms with van der Waals surface area (Å²) in [6.45, 7) is 2.47. The van der Waals surface area contributed by atoms with Crippen molar-refractivity contribution in [3.05, 3.63) is 35.4 Å². The minimum atomic E-state index is -0.0986. The molecule has 1 heterocycles. The van der Waals surface area contributed by atoms with Crippen LogP contribution in [0.4, 0.5) is 0 Å². The Kier molecular flexibility index (Phi) is 4.74. The number of benzene rings is 1. The van der Waals surface area contributed by atoms with Crippen LogP contribution in [0.1, 0.15) is 22.3 Å². The quantitative estimate of drug-likeness (QED) is 0.828. The third-order valence-corrected chi connectivity index (χ3v) is 3.62. The fourth-order valence-corrected chi connectivity index (χ4v) is 2.16. The average Bonchev–Trinajstić information content (AvgIpc) is 2.42. The maximum Gasteiger partial charge on any atom is 0.251 e. The number of amides is 2. The Hall–Kier alpha value is -1.88. The van der Waals surface area contributed by atoms with E-state index in [1.54, 1.807) is 24.1 Å². The Morgan fingerprint density at radius 3 is 2.45 bits per heavy atom. The van der Waals surface area contributed by atoms with E-state index >= 15 is 0 Å². The zero-order valence-corrected chi connectivity index (χ0v) is 12.0. The summed E-state index contributed by atoms with van der Waals surface area (Å²) < 4.78 is 0. The standard InChI is InChI=1S/C15H21N3O2/c1-16-15(20)13-5-3-11(4-6-13)10-18(2)14(19)7-12-8-17-9-12/h3-6,12,17H,7-10H2,1-2H3,(H,16,20). The molecular formula is C15H21N3O2. The van der Waals surface area contributed by atoms with Crippen LogP contribution in [0.2, 0.25) is 0 Å². The van der Waals surface area contributed by atoms with Crippen molar-refractivity contribution in [2.75, 3.05) is 27.2 Å². The summed E-state index contributed by atoms with van der Waals surface area (Å²) in [5.74, 6) is 0.561. The molecule has 5 nitrogen and oxygen atoms in total. The van der Waals surface area contributed by atoms with Gasteiger partial charge in [-0.3, -0.25) is 9.59 Å². The zero-order chi connectivity index (χ0) is 14.5. The molecular weight excluding hydrogens is 254 g/mol. The molecule has 0 saturated carbocycles. The third kappa shape index (κ3) is 3.57. The molecule has 20 heavy (non-hydrogen) atoms. The second-order valence-corrected chi connectivity index (χ2v) is 5.25. The van der Waals surface area contributed by atoms with Crippen molar-refractivity contribution >= 4 is 11.8 Å². The van der Waals surface area contributed by atoms with Gasteiger partial charge in [0, 0.05) is 32.6 Å². The van der Waals surface area contributed by atoms with E-state index < -0.39 is 0 Å². The van der Waals surface area contributed by atoms with Crippen LogP contribution in [0.5, 0.6) is 0 Å². The minimum Gasteiger partial charge on any atom is -0.355 e. The third-order valence-electron chi connectivity index (χ3n) is 3.62. The fourth-order valence-electron chi connectivity index (χ4n) is 2.16. The van der Waals surface area contributed by atoms with Crippen LogP contribution in [0.3, 0.4) is 0 Å². The van der Waals surface area contributed by atoms with E-state index in [1.807, 2.05) is 19.2 Å². The molecule has 1 fully saturated rings. The molecule has 1 aliphatic heterocycles. The molecule has 0 unspecified atom stereocenters. The van der Waals surface area contributed by atoms with Crippen molar-refractivity contribution in [3.63, 3.8) is 0 Å². The van der Waals surface area contributed by atoms with Crippen molar-refractivity contribution in [2.24, 2.45) is 5.92 Å². The van der Waals surface area contributed by atoms with Gasteiger partial charge in [0.15, 0.2) is 0 Å². The first-order valence-corrected chi connectivity index (χ1v) is 6.86. The number of nitrogens with one attached hydrogen (secondary N) is 2. The van der Waals surface area contributed by atoms with Crippen molar-refractivity contribution in [1.29, 1.82) is 0 Å². The van der Waals surface area contributed by atoms with E-state index in [9.17, 15) is 9.59 Å². The smallest absolute Gasteiger partial charge is 0.251 e. The molecule has 1 saturated heterocycles. The minimum absolute atomic E-state index is 0.0986. The molecule has 0 bridgehead atoms. The molecule has 2 rings (SSSR count). The van der Waals surface area contributed by atoms with Crippen molar-refractivity contribution in [2.45, 2.75) is 13.0 Å². The van der Waals surface area contributed by atoms with Gasteiger partial charge in [-0.25, -0.2) is 0 Å². The number of hydrogen-bond donors (Lipinski definition) is 2. The molecule has 2 N–H and O–H groups in total. The van der Waals surface area contributed by atoms with Gasteiger partial charge in [-0.05, 0) is 36.7 Å². The topological polar surface area (TPSA) is 61.4 Å². The van der Waals surface area contributed by atoms with Crippen molar-refractivity contribution in [3.8, 4) is 0 Å². The second kappa shape index (κ2) is 6.52. The van der Waals surface area contributed by atoms with Crippen LogP contribution in [-0.4, -0.2) is 43.9 Å². The molecule has 0 aromatic heterocycles. The van der Waals surface area contributed by atoms with Crippen molar-refractivity contribution in [1.82, 2.24) is 15.5 Å². The Balaban J connectivity index is 1.88. The Morgan fingerprint density at radius 1 is 1.30 bits per heavy atom. The van der Waals surface area contributed by atoms with Gasteiger partial charge < -0.3 is 15.5 Å². The Morgan fingerprint density at radius 2 is 1.95 bits per heavy atom. The number of rotatable bonds is 5. The van der Waals surface area contributed by atoms with Crippen LogP contribution in [0.15, 0.2) is 24.3 Å². The normalized spacial score (nSPS) is 14.5. The van der Waals surface area contributed by atoms with Crippen LogP contribution >= 0.6 is 0 Å². The van der Waals surface area contributed by atoms with Crippen LogP contribution in [-0.2, 0) is 11.3 Å². The SMILES string of the molecule is CNC(=O)c1ccc(CN(C)C(=O)CC2CNC2)cc1. The summed E-state index contributed by atoms with van der Waals surface area (Å²) in [5, 5.41) is 5.75. The van der Waals surface area contributed by atoms with Crippen LogP contribution in [0, 0.1) is 5.92 Å². The number of carbonyl (C=O) groups excluding carboxylic acids is 2. The maximum atomic E-state index is 12.0. The zero-order valence-electron chi connectivity index (χ0n) is 12.0. The summed E-state index contributed by atoms with van der Waals surface area (Å²) >= 11 is 0. The molecule has 1 aromatic carbocycles. The van der Waals surface area contributed by atoms with Gasteiger partial charge >= 0.3 is 0 Å². The van der Waals surface area contributed by atoms with Gasteiger partial charge in [-0.15, -0.1) is 0 Å². The van der Waals surface area contributed by atoms with Crippen LogP contribution < -0.4 is 10.6 Å². The highest BCUT2D eigenvalue weighted by atomic mass is 16.2. The second-order valence-electron chi connectivity index (χ2n) is 5.25. The van der Waals surface area contributed by atoms with E-state index in [0.717, 1.165) is 18.7 Å². The van der Waals surface area contributed by atoms with Gasteiger partial charge in [-0.2, -0.15) is 0 Å². The molecule has 1 aromatic rings. The van der Waals surface area contributed by atoms with Crippen LogP contribution in [0.25, 0.3) is 0 Å². The largest absolute Gasteiger partial charge is 0.355 e. The average molecular weight is 275 g/mol. The highest BCUT2D eigenvalue weighted by molar-refractivity contribution is 5.93. The maximum absolute atomic E-state index is 12.0. The molecule has 2 amide bonds. The lowest BCUT2D eigenvalue weighted by Gasteiger charge is -2.28. The highest BCUT2D eigenvalue weighted by Gasteiger charge is 2.22. The Bertz CT molecular complexity index is 480. The number of carbonyl (C=O) groups is 2. The Labute approximate surface area is 119 Å². The monoisotopic (exact) mass is 275 g/mol. The summed E-state index contributed by atoms with van der Waals surface area (Å²) in [6.07, 6.45) is 0.611. The number of hydrogen-bond acceptors (Lipinski definition) is 3. The molecule has 0 spiro atoms. The van der Waals surface area contributed by atoms with Gasteiger partial charge in [-0.1, -0.05) is 12.1 Å². The first-order chi connectivity index (χ1) is 9.60. The van der Waals surface area contributed by atoms with Gasteiger partial charge in [0.25, 0.3) is 5.91 Å². The summed E-state index contributed by atoms with van der Waals surface area (Å²) in [5.41, 5.74) is 1.66. The van der Waals surface area contributed by atoms with E-state index in [-0.39, 0.29) is 11.8 Å². The lowest BCUT2D eigenvalue weighted by molar-refractivity contribution is -0.131. The molecule has 0 aliphatic carbocycles. The van der Waals surface area contributed by atoms with Gasteiger partial charge in [0.2, 0.25) is 5.91 Å². The lowest BCUT2D eigenvalue weighted by atomic mass is 9.98. The first kappa shape index (κ1) is 14.5. The summed E-state index contributed by atoms with van der Waals surface area (Å²) in [6, 6.07) is 7.34. The molecule has 108 valence electrons. The predicted octanol–water partition coefficient (Wildman–Crippen LogP) is 0.614. The first-order valence-electron chi connectivity index (χ1n) is 6.86. The van der Waals surface area contributed by atoms with E-state index in [0.29, 0.717) is 24.4 Å². The molecule has 0 atom stereocenters.